The van der Waals surface area contributed by atoms with E-state index in [-0.39, 0.29) is 29.2 Å². The van der Waals surface area contributed by atoms with Crippen LogP contribution in [0.3, 0.4) is 0 Å². The topological polar surface area (TPSA) is 129 Å². The molecule has 0 spiro atoms. The molecule has 2 N–H and O–H groups in total. The smallest absolute Gasteiger partial charge is 0.267 e. The van der Waals surface area contributed by atoms with Gasteiger partial charge in [-0.2, -0.15) is 15.2 Å². The van der Waals surface area contributed by atoms with E-state index in [0.717, 1.165) is 5.56 Å². The zero-order valence-corrected chi connectivity index (χ0v) is 17.5. The van der Waals surface area contributed by atoms with Crippen molar-refractivity contribution >= 4 is 17.0 Å². The molecule has 1 aliphatic heterocycles. The van der Waals surface area contributed by atoms with Crippen LogP contribution in [-0.2, 0) is 11.8 Å². The van der Waals surface area contributed by atoms with E-state index in [2.05, 4.69) is 25.5 Å². The lowest BCUT2D eigenvalue weighted by atomic mass is 10.1. The summed E-state index contributed by atoms with van der Waals surface area (Å²) in [6, 6.07) is 9.92. The summed E-state index contributed by atoms with van der Waals surface area (Å²) in [4.78, 5) is 32.2. The highest BCUT2D eigenvalue weighted by molar-refractivity contribution is 5.74. The molecular weight excluding hydrogens is 414 g/mol. The molecule has 1 aliphatic rings. The summed E-state index contributed by atoms with van der Waals surface area (Å²) in [5.74, 6) is 0.981. The second-order valence-corrected chi connectivity index (χ2v) is 7.51. The molecular formula is C21H21N7O4. The van der Waals surface area contributed by atoms with E-state index in [1.165, 1.54) is 21.6 Å². The Morgan fingerprint density at radius 2 is 2.09 bits per heavy atom. The molecule has 0 radical (unpaired) electrons. The van der Waals surface area contributed by atoms with Gasteiger partial charge < -0.3 is 14.8 Å². The van der Waals surface area contributed by atoms with Gasteiger partial charge in [-0.25, -0.2) is 4.68 Å². The maximum absolute atomic E-state index is 12.7. The summed E-state index contributed by atoms with van der Waals surface area (Å²) in [7, 11) is 3.31. The number of nitrogens with one attached hydrogen (secondary N) is 2. The molecule has 0 bridgehead atoms. The van der Waals surface area contributed by atoms with Crippen LogP contribution in [0, 0.1) is 0 Å². The fourth-order valence-corrected chi connectivity index (χ4v) is 3.80. The second-order valence-electron chi connectivity index (χ2n) is 7.51. The summed E-state index contributed by atoms with van der Waals surface area (Å²) in [5, 5.41) is 12.3. The van der Waals surface area contributed by atoms with Crippen molar-refractivity contribution in [1.29, 1.82) is 0 Å². The summed E-state index contributed by atoms with van der Waals surface area (Å²) in [6.45, 7) is 0.625. The Bertz CT molecular complexity index is 1410. The summed E-state index contributed by atoms with van der Waals surface area (Å²) in [6.07, 6.45) is 1.47. The third-order valence-electron chi connectivity index (χ3n) is 5.48. The van der Waals surface area contributed by atoms with Crippen LogP contribution < -0.4 is 21.2 Å². The normalized spacial score (nSPS) is 18.2. The molecule has 0 saturated carbocycles. The standard InChI is InChI=1S/C21H21N7O4/c1-27-19-14(9-22-27)20(30)25-21(24-19)23-16-10-32-11-17(16)28-18(29)7-6-15(26-28)12-4-3-5-13(8-12)31-2/h3-9,16-17H,10-11H2,1-2H3,(H2,23,24,25,30). The monoisotopic (exact) mass is 435 g/mol. The molecule has 1 aromatic carbocycles. The first-order chi connectivity index (χ1) is 15.5. The van der Waals surface area contributed by atoms with Gasteiger partial charge in [-0.05, 0) is 18.2 Å². The maximum atomic E-state index is 12.7. The van der Waals surface area contributed by atoms with Gasteiger partial charge in [-0.3, -0.25) is 19.3 Å². The average molecular weight is 435 g/mol. The Morgan fingerprint density at radius 3 is 2.94 bits per heavy atom. The molecule has 164 valence electrons. The lowest BCUT2D eigenvalue weighted by Gasteiger charge is -2.21. The molecule has 1 saturated heterocycles. The fourth-order valence-electron chi connectivity index (χ4n) is 3.80. The van der Waals surface area contributed by atoms with Crippen molar-refractivity contribution in [3.63, 3.8) is 0 Å². The molecule has 1 fully saturated rings. The largest absolute Gasteiger partial charge is 0.497 e. The molecule has 11 heteroatoms. The Hall–Kier alpha value is -3.99. The van der Waals surface area contributed by atoms with Gasteiger partial charge in [0.05, 0.1) is 38.3 Å². The van der Waals surface area contributed by atoms with E-state index >= 15 is 0 Å². The van der Waals surface area contributed by atoms with Crippen LogP contribution in [0.2, 0.25) is 0 Å². The Labute approximate surface area is 181 Å². The molecule has 4 aromatic rings. The number of anilines is 1. The molecule has 4 heterocycles. The van der Waals surface area contributed by atoms with E-state index < -0.39 is 0 Å². The van der Waals surface area contributed by atoms with Gasteiger partial charge in [0.25, 0.3) is 11.1 Å². The highest BCUT2D eigenvalue weighted by Crippen LogP contribution is 2.24. The van der Waals surface area contributed by atoms with Gasteiger partial charge in [0.15, 0.2) is 5.65 Å². The van der Waals surface area contributed by atoms with Crippen molar-refractivity contribution in [1.82, 2.24) is 29.5 Å². The van der Waals surface area contributed by atoms with E-state index in [0.29, 0.717) is 35.7 Å². The van der Waals surface area contributed by atoms with E-state index in [9.17, 15) is 9.59 Å². The molecule has 2 atom stereocenters. The molecule has 5 rings (SSSR count). The van der Waals surface area contributed by atoms with Gasteiger partial charge in [0.2, 0.25) is 5.95 Å². The van der Waals surface area contributed by atoms with Gasteiger partial charge >= 0.3 is 0 Å². The van der Waals surface area contributed by atoms with Crippen LogP contribution in [0.4, 0.5) is 5.95 Å². The first-order valence-electron chi connectivity index (χ1n) is 10.0. The second kappa shape index (κ2) is 7.93. The minimum Gasteiger partial charge on any atom is -0.497 e. The zero-order chi connectivity index (χ0) is 22.2. The number of aryl methyl sites for hydroxylation is 1. The average Bonchev–Trinajstić information content (AvgIpc) is 3.41. The first kappa shape index (κ1) is 19.9. The van der Waals surface area contributed by atoms with Gasteiger partial charge in [-0.15, -0.1) is 0 Å². The van der Waals surface area contributed by atoms with Crippen LogP contribution in [0.1, 0.15) is 6.04 Å². The number of benzene rings is 1. The SMILES string of the molecule is COc1cccc(-c2ccc(=O)n(C3COCC3Nc3nc4c(cnn4C)c(=O)[nH]3)n2)c1. The third kappa shape index (κ3) is 3.52. The summed E-state index contributed by atoms with van der Waals surface area (Å²) >= 11 is 0. The number of hydrogen-bond donors (Lipinski definition) is 2. The molecule has 0 amide bonds. The van der Waals surface area contributed by atoms with E-state index in [4.69, 9.17) is 9.47 Å². The fraction of sp³-hybridized carbons (Fsp3) is 0.286. The maximum Gasteiger partial charge on any atom is 0.267 e. The van der Waals surface area contributed by atoms with Crippen molar-refractivity contribution < 1.29 is 9.47 Å². The van der Waals surface area contributed by atoms with Crippen molar-refractivity contribution in [2.24, 2.45) is 7.05 Å². The Morgan fingerprint density at radius 1 is 1.22 bits per heavy atom. The minimum absolute atomic E-state index is 0.248. The molecule has 3 aromatic heterocycles. The van der Waals surface area contributed by atoms with Gasteiger partial charge in [-0.1, -0.05) is 12.1 Å². The Balaban J connectivity index is 1.47. The number of rotatable bonds is 5. The Kier molecular flexibility index (Phi) is 4.94. The number of aromatic nitrogens is 6. The van der Waals surface area contributed by atoms with Crippen molar-refractivity contribution in [2.75, 3.05) is 25.6 Å². The van der Waals surface area contributed by atoms with E-state index in [1.54, 1.807) is 20.2 Å². The van der Waals surface area contributed by atoms with Gasteiger partial charge in [0.1, 0.15) is 17.2 Å². The number of hydrogen-bond acceptors (Lipinski definition) is 8. The highest BCUT2D eigenvalue weighted by Gasteiger charge is 2.32. The van der Waals surface area contributed by atoms with E-state index in [1.807, 2.05) is 24.3 Å². The quantitative estimate of drug-likeness (QED) is 0.474. The third-order valence-corrected chi connectivity index (χ3v) is 5.48. The van der Waals surface area contributed by atoms with Crippen molar-refractivity contribution in [2.45, 2.75) is 12.1 Å². The van der Waals surface area contributed by atoms with Gasteiger partial charge in [0, 0.05) is 18.7 Å². The summed E-state index contributed by atoms with van der Waals surface area (Å²) < 4.78 is 13.9. The number of H-pyrrole nitrogens is 1. The first-order valence-corrected chi connectivity index (χ1v) is 10.0. The van der Waals surface area contributed by atoms with Crippen molar-refractivity contribution in [3.8, 4) is 17.0 Å². The van der Waals surface area contributed by atoms with Crippen molar-refractivity contribution in [3.05, 3.63) is 63.3 Å². The number of fused-ring (bicyclic) bond motifs is 1. The molecule has 32 heavy (non-hydrogen) atoms. The number of nitrogens with zero attached hydrogens (tertiary/aromatic N) is 5. The molecule has 11 nitrogen and oxygen atoms in total. The van der Waals surface area contributed by atoms with Crippen LogP contribution >= 0.6 is 0 Å². The highest BCUT2D eigenvalue weighted by atomic mass is 16.5. The van der Waals surface area contributed by atoms with Crippen LogP contribution in [0.5, 0.6) is 5.75 Å². The predicted molar refractivity (Wildman–Crippen MR) is 117 cm³/mol. The minimum atomic E-state index is -0.388. The van der Waals surface area contributed by atoms with Crippen LogP contribution in [-0.4, -0.2) is 55.9 Å². The number of methoxy groups -OCH3 is 1. The molecule has 0 aliphatic carbocycles. The van der Waals surface area contributed by atoms with Crippen LogP contribution in [0.25, 0.3) is 22.3 Å². The lowest BCUT2D eigenvalue weighted by molar-refractivity contribution is 0.183. The van der Waals surface area contributed by atoms with Crippen LogP contribution in [0.15, 0.2) is 52.2 Å². The lowest BCUT2D eigenvalue weighted by Crippen LogP contribution is -2.38. The molecule has 2 unspecified atom stereocenters. The number of ether oxygens (including phenoxy) is 2. The summed E-state index contributed by atoms with van der Waals surface area (Å²) in [5.41, 5.74) is 1.38. The number of aromatic amines is 1. The zero-order valence-electron chi connectivity index (χ0n) is 17.5. The predicted octanol–water partition coefficient (Wildman–Crippen LogP) is 0.941.